The molecule has 1 aliphatic heterocycles. The van der Waals surface area contributed by atoms with Gasteiger partial charge in [-0.1, -0.05) is 13.8 Å². The van der Waals surface area contributed by atoms with E-state index in [1.165, 1.54) is 13.4 Å². The number of rotatable bonds is 8. The van der Waals surface area contributed by atoms with Crippen molar-refractivity contribution in [1.29, 1.82) is 0 Å². The summed E-state index contributed by atoms with van der Waals surface area (Å²) in [6.45, 7) is 4.83. The van der Waals surface area contributed by atoms with E-state index in [1.54, 1.807) is 18.3 Å². The third-order valence-electron chi connectivity index (χ3n) is 5.78. The number of carbonyl (C=O) groups excluding carboxylic acids is 2. The number of anilines is 2. The molecule has 3 aromatic heterocycles. The van der Waals surface area contributed by atoms with Crippen LogP contribution in [-0.2, 0) is 11.3 Å². The number of hydrogen-bond acceptors (Lipinski definition) is 7. The predicted molar refractivity (Wildman–Crippen MR) is 131 cm³/mol. The minimum Gasteiger partial charge on any atom is -0.464 e. The lowest BCUT2D eigenvalue weighted by Crippen LogP contribution is -2.24. The molecular weight excluding hydrogens is 440 g/mol. The Morgan fingerprint density at radius 2 is 2.12 bits per heavy atom. The van der Waals surface area contributed by atoms with E-state index in [9.17, 15) is 9.59 Å². The summed E-state index contributed by atoms with van der Waals surface area (Å²) in [6, 6.07) is 5.57. The van der Waals surface area contributed by atoms with Gasteiger partial charge < -0.3 is 24.4 Å². The number of thioether (sulfide) groups is 1. The number of esters is 1. The van der Waals surface area contributed by atoms with Crippen LogP contribution in [0.5, 0.6) is 0 Å². The molecular formula is C24H30N4O4S. The van der Waals surface area contributed by atoms with Gasteiger partial charge in [0.2, 0.25) is 0 Å². The molecule has 8 nitrogen and oxygen atoms in total. The van der Waals surface area contributed by atoms with Crippen LogP contribution in [0, 0.1) is 5.92 Å². The van der Waals surface area contributed by atoms with Gasteiger partial charge in [-0.15, -0.1) is 0 Å². The smallest absolute Gasteiger partial charge is 0.356 e. The summed E-state index contributed by atoms with van der Waals surface area (Å²) in [7, 11) is 1.34. The highest BCUT2D eigenvalue weighted by atomic mass is 32.2. The zero-order valence-corrected chi connectivity index (χ0v) is 20.0. The normalized spacial score (nSPS) is 14.5. The van der Waals surface area contributed by atoms with Gasteiger partial charge in [0.25, 0.3) is 5.91 Å². The molecule has 9 heteroatoms. The second-order valence-electron chi connectivity index (χ2n) is 8.61. The maximum atomic E-state index is 12.9. The van der Waals surface area contributed by atoms with Gasteiger partial charge in [0.15, 0.2) is 11.5 Å². The van der Waals surface area contributed by atoms with Crippen molar-refractivity contribution in [2.24, 2.45) is 5.92 Å². The van der Waals surface area contributed by atoms with E-state index in [2.05, 4.69) is 24.5 Å². The summed E-state index contributed by atoms with van der Waals surface area (Å²) in [4.78, 5) is 30.4. The van der Waals surface area contributed by atoms with Crippen LogP contribution in [0.4, 0.5) is 11.4 Å². The minimum atomic E-state index is -0.523. The third kappa shape index (κ3) is 5.19. The first-order valence-electron chi connectivity index (χ1n) is 11.3. The molecule has 0 spiro atoms. The number of amides is 1. The van der Waals surface area contributed by atoms with Crippen molar-refractivity contribution in [3.63, 3.8) is 0 Å². The van der Waals surface area contributed by atoms with Crippen LogP contribution >= 0.6 is 11.8 Å². The van der Waals surface area contributed by atoms with Gasteiger partial charge in [-0.2, -0.15) is 11.8 Å². The standard InChI is InChI=1S/C24H30N4O4S/c1-15(2)6-9-28-21(24(30)31-3)20(27-23(29)19-5-4-10-32-19)18-13-17(14-25-22(18)28)26-16-7-11-33-12-8-16/h4-5,10,13-16,26H,6-9,11-12H2,1-3H3,(H,27,29). The summed E-state index contributed by atoms with van der Waals surface area (Å²) in [5.41, 5.74) is 2.17. The maximum absolute atomic E-state index is 12.9. The van der Waals surface area contributed by atoms with Gasteiger partial charge in [0, 0.05) is 18.0 Å². The van der Waals surface area contributed by atoms with Crippen molar-refractivity contribution >= 4 is 46.0 Å². The zero-order valence-electron chi connectivity index (χ0n) is 19.2. The van der Waals surface area contributed by atoms with Crippen LogP contribution in [0.2, 0.25) is 0 Å². The summed E-state index contributed by atoms with van der Waals surface area (Å²) < 4.78 is 12.2. The first-order chi connectivity index (χ1) is 16.0. The highest BCUT2D eigenvalue weighted by Gasteiger charge is 2.27. The van der Waals surface area contributed by atoms with Gasteiger partial charge >= 0.3 is 5.97 Å². The van der Waals surface area contributed by atoms with Gasteiger partial charge in [-0.05, 0) is 54.9 Å². The number of fused-ring (bicyclic) bond motifs is 1. The minimum absolute atomic E-state index is 0.163. The second kappa shape index (κ2) is 10.3. The maximum Gasteiger partial charge on any atom is 0.356 e. The van der Waals surface area contributed by atoms with Crippen LogP contribution < -0.4 is 10.6 Å². The second-order valence-corrected chi connectivity index (χ2v) is 9.83. The van der Waals surface area contributed by atoms with Crippen LogP contribution in [0.25, 0.3) is 11.0 Å². The predicted octanol–water partition coefficient (Wildman–Crippen LogP) is 5.02. The lowest BCUT2D eigenvalue weighted by atomic mass is 10.1. The molecule has 0 aromatic carbocycles. The number of carbonyl (C=O) groups is 2. The summed E-state index contributed by atoms with van der Waals surface area (Å²) in [5, 5.41) is 7.14. The lowest BCUT2D eigenvalue weighted by molar-refractivity contribution is 0.0589. The Bertz CT molecular complexity index is 1120. The van der Waals surface area contributed by atoms with E-state index in [0.29, 0.717) is 35.2 Å². The van der Waals surface area contributed by atoms with Crippen molar-refractivity contribution in [3.05, 3.63) is 42.1 Å². The monoisotopic (exact) mass is 470 g/mol. The first-order valence-corrected chi connectivity index (χ1v) is 12.4. The molecule has 4 rings (SSSR count). The van der Waals surface area contributed by atoms with E-state index in [-0.39, 0.29) is 11.5 Å². The average molecular weight is 471 g/mol. The Labute approximate surface area is 197 Å². The van der Waals surface area contributed by atoms with E-state index < -0.39 is 11.9 Å². The molecule has 2 N–H and O–H groups in total. The first kappa shape index (κ1) is 23.2. The Morgan fingerprint density at radius 1 is 1.33 bits per heavy atom. The molecule has 0 radical (unpaired) electrons. The van der Waals surface area contributed by atoms with Gasteiger partial charge in [-0.3, -0.25) is 4.79 Å². The van der Waals surface area contributed by atoms with Crippen LogP contribution in [0.3, 0.4) is 0 Å². The molecule has 0 atom stereocenters. The molecule has 1 amide bonds. The van der Waals surface area contributed by atoms with Gasteiger partial charge in [-0.25, -0.2) is 9.78 Å². The van der Waals surface area contributed by atoms with Crippen LogP contribution in [-0.4, -0.2) is 46.1 Å². The number of furan rings is 1. The molecule has 33 heavy (non-hydrogen) atoms. The summed E-state index contributed by atoms with van der Waals surface area (Å²) in [5.74, 6) is 1.90. The Balaban J connectivity index is 1.79. The number of methoxy groups -OCH3 is 1. The van der Waals surface area contributed by atoms with Crippen molar-refractivity contribution in [1.82, 2.24) is 9.55 Å². The number of pyridine rings is 1. The van der Waals surface area contributed by atoms with Crippen molar-refractivity contribution in [2.45, 2.75) is 45.7 Å². The molecule has 3 aromatic rings. The lowest BCUT2D eigenvalue weighted by Gasteiger charge is -2.23. The van der Waals surface area contributed by atoms with E-state index >= 15 is 0 Å². The highest BCUT2D eigenvalue weighted by molar-refractivity contribution is 7.99. The van der Waals surface area contributed by atoms with Crippen molar-refractivity contribution < 1.29 is 18.7 Å². The molecule has 4 heterocycles. The van der Waals surface area contributed by atoms with E-state index in [1.807, 2.05) is 22.4 Å². The number of ether oxygens (including phenoxy) is 1. The van der Waals surface area contributed by atoms with Gasteiger partial charge in [0.1, 0.15) is 5.65 Å². The zero-order chi connectivity index (χ0) is 23.4. The summed E-state index contributed by atoms with van der Waals surface area (Å²) >= 11 is 1.97. The quantitative estimate of drug-likeness (QED) is 0.446. The number of aromatic nitrogens is 2. The SMILES string of the molecule is COC(=O)c1c(NC(=O)c2ccco2)c2cc(NC3CCSCC3)cnc2n1CCC(C)C. The molecule has 176 valence electrons. The average Bonchev–Trinajstić information content (AvgIpc) is 3.45. The van der Waals surface area contributed by atoms with Crippen LogP contribution in [0.15, 0.2) is 35.1 Å². The third-order valence-corrected chi connectivity index (χ3v) is 6.83. The fourth-order valence-corrected chi connectivity index (χ4v) is 5.11. The Hall–Kier alpha value is -2.94. The molecule has 1 saturated heterocycles. The number of nitrogens with one attached hydrogen (secondary N) is 2. The number of aryl methyl sites for hydroxylation is 1. The van der Waals surface area contributed by atoms with Crippen LogP contribution in [0.1, 0.15) is 54.2 Å². The van der Waals surface area contributed by atoms with Crippen molar-refractivity contribution in [3.8, 4) is 0 Å². The molecule has 0 bridgehead atoms. The van der Waals surface area contributed by atoms with Crippen molar-refractivity contribution in [2.75, 3.05) is 29.2 Å². The largest absolute Gasteiger partial charge is 0.464 e. The van der Waals surface area contributed by atoms with Gasteiger partial charge in [0.05, 0.1) is 30.9 Å². The van der Waals surface area contributed by atoms with E-state index in [4.69, 9.17) is 14.1 Å². The fraction of sp³-hybridized carbons (Fsp3) is 0.458. The molecule has 0 saturated carbocycles. The topological polar surface area (TPSA) is 98.4 Å². The molecule has 1 fully saturated rings. The number of nitrogens with zero attached hydrogens (tertiary/aromatic N) is 2. The van der Waals surface area contributed by atoms with E-state index in [0.717, 1.165) is 36.5 Å². The highest BCUT2D eigenvalue weighted by Crippen LogP contribution is 2.34. The molecule has 0 aliphatic carbocycles. The Morgan fingerprint density at radius 3 is 2.79 bits per heavy atom. The fourth-order valence-electron chi connectivity index (χ4n) is 4.00. The molecule has 0 unspecified atom stereocenters. The number of hydrogen-bond donors (Lipinski definition) is 2. The Kier molecular flexibility index (Phi) is 7.27. The summed E-state index contributed by atoms with van der Waals surface area (Å²) in [6.07, 6.45) is 6.27. The molecule has 1 aliphatic rings.